The van der Waals surface area contributed by atoms with Crippen molar-refractivity contribution in [3.63, 3.8) is 0 Å². The summed E-state index contributed by atoms with van der Waals surface area (Å²) in [6.45, 7) is 3.50. The SMILES string of the molecule is Cc1ccc(S(C)(=O)=O)c(C)c1NCC(=O)Nc1cc(Cl)ccc1Oc1ccccc1. The van der Waals surface area contributed by atoms with Gasteiger partial charge in [0.25, 0.3) is 0 Å². The van der Waals surface area contributed by atoms with Crippen molar-refractivity contribution in [2.45, 2.75) is 18.7 Å². The molecule has 0 saturated carbocycles. The van der Waals surface area contributed by atoms with Gasteiger partial charge in [0.15, 0.2) is 15.6 Å². The van der Waals surface area contributed by atoms with Crippen LogP contribution in [0, 0.1) is 13.8 Å². The minimum Gasteiger partial charge on any atom is -0.455 e. The molecule has 0 radical (unpaired) electrons. The van der Waals surface area contributed by atoms with Gasteiger partial charge in [-0.1, -0.05) is 35.9 Å². The second-order valence-corrected chi connectivity index (χ2v) is 9.53. The summed E-state index contributed by atoms with van der Waals surface area (Å²) in [6.07, 6.45) is 1.16. The molecule has 3 rings (SSSR count). The number of sulfone groups is 1. The molecule has 0 fully saturated rings. The van der Waals surface area contributed by atoms with Crippen molar-refractivity contribution in [3.8, 4) is 11.5 Å². The van der Waals surface area contributed by atoms with Gasteiger partial charge in [0.05, 0.1) is 17.1 Å². The molecule has 0 aromatic heterocycles. The van der Waals surface area contributed by atoms with E-state index < -0.39 is 9.84 Å². The molecule has 0 heterocycles. The van der Waals surface area contributed by atoms with Gasteiger partial charge in [-0.05, 0) is 61.4 Å². The number of benzene rings is 3. The van der Waals surface area contributed by atoms with Gasteiger partial charge >= 0.3 is 0 Å². The third-order valence-electron chi connectivity index (χ3n) is 4.64. The first-order valence-corrected chi connectivity index (χ1v) is 11.8. The first-order chi connectivity index (χ1) is 14.6. The molecule has 1 amide bonds. The molecule has 3 aromatic rings. The molecule has 8 heteroatoms. The maximum absolute atomic E-state index is 12.6. The Morgan fingerprint density at radius 1 is 1.03 bits per heavy atom. The Morgan fingerprint density at radius 3 is 2.42 bits per heavy atom. The molecule has 0 aliphatic rings. The van der Waals surface area contributed by atoms with E-state index in [-0.39, 0.29) is 17.3 Å². The Bertz CT molecular complexity index is 1210. The maximum atomic E-state index is 12.6. The van der Waals surface area contributed by atoms with Crippen LogP contribution in [0.25, 0.3) is 0 Å². The molecule has 0 aliphatic carbocycles. The monoisotopic (exact) mass is 458 g/mol. The van der Waals surface area contributed by atoms with Gasteiger partial charge in [-0.2, -0.15) is 0 Å². The van der Waals surface area contributed by atoms with Crippen molar-refractivity contribution in [2.24, 2.45) is 0 Å². The summed E-state index contributed by atoms with van der Waals surface area (Å²) in [6, 6.07) is 17.5. The van der Waals surface area contributed by atoms with Gasteiger partial charge in [-0.25, -0.2) is 8.42 Å². The Balaban J connectivity index is 1.76. The fourth-order valence-corrected chi connectivity index (χ4v) is 4.31. The Morgan fingerprint density at radius 2 is 1.74 bits per heavy atom. The topological polar surface area (TPSA) is 84.5 Å². The summed E-state index contributed by atoms with van der Waals surface area (Å²) in [7, 11) is -3.37. The zero-order valence-corrected chi connectivity index (χ0v) is 19.0. The normalized spacial score (nSPS) is 11.1. The number of halogens is 1. The van der Waals surface area contributed by atoms with Crippen molar-refractivity contribution in [1.29, 1.82) is 0 Å². The van der Waals surface area contributed by atoms with E-state index in [0.717, 1.165) is 11.8 Å². The van der Waals surface area contributed by atoms with Crippen LogP contribution in [-0.4, -0.2) is 27.1 Å². The molecule has 6 nitrogen and oxygen atoms in total. The molecule has 0 unspecified atom stereocenters. The van der Waals surface area contributed by atoms with E-state index in [4.69, 9.17) is 16.3 Å². The molecule has 162 valence electrons. The zero-order chi connectivity index (χ0) is 22.6. The fourth-order valence-electron chi connectivity index (χ4n) is 3.17. The molecule has 0 atom stereocenters. The second kappa shape index (κ2) is 9.41. The summed E-state index contributed by atoms with van der Waals surface area (Å²) in [5, 5.41) is 6.30. The number of anilines is 2. The molecular formula is C23H23ClN2O4S. The third-order valence-corrected chi connectivity index (χ3v) is 6.11. The number of hydrogen-bond acceptors (Lipinski definition) is 5. The highest BCUT2D eigenvalue weighted by Gasteiger charge is 2.16. The van der Waals surface area contributed by atoms with Crippen molar-refractivity contribution >= 4 is 38.7 Å². The van der Waals surface area contributed by atoms with Gasteiger partial charge in [0, 0.05) is 17.0 Å². The summed E-state index contributed by atoms with van der Waals surface area (Å²) in [5.41, 5.74) is 2.46. The predicted molar refractivity (Wildman–Crippen MR) is 124 cm³/mol. The minimum absolute atomic E-state index is 0.0633. The van der Waals surface area contributed by atoms with Crippen molar-refractivity contribution < 1.29 is 17.9 Å². The fraction of sp³-hybridized carbons (Fsp3) is 0.174. The number of para-hydroxylation sites is 1. The van der Waals surface area contributed by atoms with E-state index in [1.807, 2.05) is 37.3 Å². The van der Waals surface area contributed by atoms with Crippen LogP contribution in [0.2, 0.25) is 5.02 Å². The van der Waals surface area contributed by atoms with E-state index in [0.29, 0.717) is 33.5 Å². The summed E-state index contributed by atoms with van der Waals surface area (Å²) >= 11 is 6.10. The summed E-state index contributed by atoms with van der Waals surface area (Å²) in [4.78, 5) is 12.8. The molecule has 0 saturated heterocycles. The van der Waals surface area contributed by atoms with E-state index >= 15 is 0 Å². The zero-order valence-electron chi connectivity index (χ0n) is 17.4. The number of carbonyl (C=O) groups excluding carboxylic acids is 1. The van der Waals surface area contributed by atoms with Crippen LogP contribution in [0.15, 0.2) is 65.6 Å². The average Bonchev–Trinajstić information content (AvgIpc) is 2.69. The van der Waals surface area contributed by atoms with Crippen molar-refractivity contribution in [2.75, 3.05) is 23.4 Å². The van der Waals surface area contributed by atoms with Crippen LogP contribution in [0.4, 0.5) is 11.4 Å². The molecule has 2 N–H and O–H groups in total. The largest absolute Gasteiger partial charge is 0.455 e. The van der Waals surface area contributed by atoms with E-state index in [2.05, 4.69) is 10.6 Å². The number of aryl methyl sites for hydroxylation is 1. The smallest absolute Gasteiger partial charge is 0.243 e. The maximum Gasteiger partial charge on any atom is 0.243 e. The Hall–Kier alpha value is -3.03. The third kappa shape index (κ3) is 5.77. The highest BCUT2D eigenvalue weighted by Crippen LogP contribution is 2.32. The van der Waals surface area contributed by atoms with E-state index in [1.165, 1.54) is 0 Å². The lowest BCUT2D eigenvalue weighted by atomic mass is 10.1. The number of ether oxygens (including phenoxy) is 1. The van der Waals surface area contributed by atoms with Crippen molar-refractivity contribution in [3.05, 3.63) is 76.8 Å². The molecule has 0 aliphatic heterocycles. The predicted octanol–water partition coefficient (Wildman–Crippen LogP) is 5.20. The molecule has 3 aromatic carbocycles. The minimum atomic E-state index is -3.37. The van der Waals surface area contributed by atoms with Crippen LogP contribution in [0.3, 0.4) is 0 Å². The first-order valence-electron chi connectivity index (χ1n) is 9.51. The Labute approximate surface area is 187 Å². The van der Waals surface area contributed by atoms with Gasteiger partial charge in [0.2, 0.25) is 5.91 Å². The first kappa shape index (κ1) is 22.7. The average molecular weight is 459 g/mol. The number of rotatable bonds is 7. The van der Waals surface area contributed by atoms with Crippen LogP contribution in [-0.2, 0) is 14.6 Å². The van der Waals surface area contributed by atoms with Crippen LogP contribution in [0.5, 0.6) is 11.5 Å². The standard InChI is InChI=1S/C23H23ClN2O4S/c1-15-9-12-21(31(3,28)29)16(2)23(15)25-14-22(27)26-19-13-17(24)10-11-20(19)30-18-7-5-4-6-8-18/h4-13,25H,14H2,1-3H3,(H,26,27). The second-order valence-electron chi connectivity index (χ2n) is 7.11. The lowest BCUT2D eigenvalue weighted by Crippen LogP contribution is -2.23. The van der Waals surface area contributed by atoms with Crippen LogP contribution >= 0.6 is 11.6 Å². The Kier molecular flexibility index (Phi) is 6.87. The number of amides is 1. The van der Waals surface area contributed by atoms with Crippen LogP contribution < -0.4 is 15.4 Å². The lowest BCUT2D eigenvalue weighted by Gasteiger charge is -2.16. The molecule has 31 heavy (non-hydrogen) atoms. The van der Waals surface area contributed by atoms with Gasteiger partial charge < -0.3 is 15.4 Å². The van der Waals surface area contributed by atoms with Gasteiger partial charge in [-0.15, -0.1) is 0 Å². The summed E-state index contributed by atoms with van der Waals surface area (Å²) < 4.78 is 29.8. The number of hydrogen-bond donors (Lipinski definition) is 2. The van der Waals surface area contributed by atoms with E-state index in [1.54, 1.807) is 37.3 Å². The van der Waals surface area contributed by atoms with Gasteiger partial charge in [0.1, 0.15) is 5.75 Å². The highest BCUT2D eigenvalue weighted by molar-refractivity contribution is 7.90. The lowest BCUT2D eigenvalue weighted by molar-refractivity contribution is -0.114. The van der Waals surface area contributed by atoms with Crippen molar-refractivity contribution in [1.82, 2.24) is 0 Å². The number of nitrogens with one attached hydrogen (secondary N) is 2. The highest BCUT2D eigenvalue weighted by atomic mass is 35.5. The molecule has 0 spiro atoms. The van der Waals surface area contributed by atoms with E-state index in [9.17, 15) is 13.2 Å². The molecular weight excluding hydrogens is 436 g/mol. The molecule has 0 bridgehead atoms. The van der Waals surface area contributed by atoms with Gasteiger partial charge in [-0.3, -0.25) is 4.79 Å². The number of carbonyl (C=O) groups is 1. The van der Waals surface area contributed by atoms with Crippen LogP contribution in [0.1, 0.15) is 11.1 Å². The quantitative estimate of drug-likeness (QED) is 0.508. The summed E-state index contributed by atoms with van der Waals surface area (Å²) in [5.74, 6) is 0.751.